The lowest BCUT2D eigenvalue weighted by Gasteiger charge is -2.06. The molecule has 0 fully saturated rings. The van der Waals surface area contributed by atoms with Crippen LogP contribution in [0.1, 0.15) is 17.2 Å². The van der Waals surface area contributed by atoms with E-state index in [4.69, 9.17) is 9.84 Å². The van der Waals surface area contributed by atoms with Crippen LogP contribution in [0.2, 0.25) is 0 Å². The second kappa shape index (κ2) is 4.77. The van der Waals surface area contributed by atoms with E-state index in [9.17, 15) is 0 Å². The summed E-state index contributed by atoms with van der Waals surface area (Å²) in [6.07, 6.45) is 0. The number of methoxy groups -OCH3 is 1. The number of fused-ring (bicyclic) bond motifs is 3. The number of nitrogens with zero attached hydrogens (tertiary/aromatic N) is 6. The zero-order chi connectivity index (χ0) is 16.1. The van der Waals surface area contributed by atoms with Crippen molar-refractivity contribution in [1.29, 1.82) is 0 Å². The molecule has 3 aromatic heterocycles. The lowest BCUT2D eigenvalue weighted by molar-refractivity contribution is 0.414. The molecule has 7 heteroatoms. The fourth-order valence-corrected chi connectivity index (χ4v) is 2.91. The Kier molecular flexibility index (Phi) is 2.84. The molecule has 7 nitrogen and oxygen atoms in total. The molecular formula is C16H16N6O. The van der Waals surface area contributed by atoms with Crippen LogP contribution in [-0.4, -0.2) is 36.7 Å². The van der Waals surface area contributed by atoms with Gasteiger partial charge in [-0.05, 0) is 32.9 Å². The first kappa shape index (κ1) is 13.7. The molecule has 0 unspecified atom stereocenters. The fourth-order valence-electron chi connectivity index (χ4n) is 2.91. The maximum absolute atomic E-state index is 5.31. The van der Waals surface area contributed by atoms with Crippen LogP contribution in [0.3, 0.4) is 0 Å². The average molecular weight is 308 g/mol. The van der Waals surface area contributed by atoms with E-state index < -0.39 is 0 Å². The number of hydrogen-bond acceptors (Lipinski definition) is 5. The molecule has 3 heterocycles. The highest BCUT2D eigenvalue weighted by Crippen LogP contribution is 2.27. The highest BCUT2D eigenvalue weighted by Gasteiger charge is 2.18. The fraction of sp³-hybridized carbons (Fsp3) is 0.250. The Morgan fingerprint density at radius 3 is 2.65 bits per heavy atom. The van der Waals surface area contributed by atoms with Gasteiger partial charge in [-0.1, -0.05) is 6.07 Å². The molecule has 1 aromatic carbocycles. The Bertz CT molecular complexity index is 1050. The molecule has 116 valence electrons. The first-order valence-corrected chi connectivity index (χ1v) is 7.32. The van der Waals surface area contributed by atoms with Gasteiger partial charge in [0, 0.05) is 6.07 Å². The summed E-state index contributed by atoms with van der Waals surface area (Å²) in [5.41, 5.74) is 4.33. The maximum atomic E-state index is 5.31. The van der Waals surface area contributed by atoms with E-state index in [-0.39, 0.29) is 0 Å². The van der Waals surface area contributed by atoms with Gasteiger partial charge in [-0.25, -0.2) is 4.68 Å². The Balaban J connectivity index is 2.07. The molecule has 23 heavy (non-hydrogen) atoms. The third kappa shape index (κ3) is 1.89. The molecule has 0 atom stereocenters. The summed E-state index contributed by atoms with van der Waals surface area (Å²) in [4.78, 5) is 0. The van der Waals surface area contributed by atoms with Crippen LogP contribution in [0, 0.1) is 20.8 Å². The summed E-state index contributed by atoms with van der Waals surface area (Å²) in [6, 6.07) is 7.81. The van der Waals surface area contributed by atoms with Crippen molar-refractivity contribution in [3.8, 4) is 11.4 Å². The summed E-state index contributed by atoms with van der Waals surface area (Å²) in [5, 5.41) is 18.7. The van der Waals surface area contributed by atoms with Crippen molar-refractivity contribution in [2.75, 3.05) is 7.11 Å². The second-order valence-electron chi connectivity index (χ2n) is 5.49. The van der Waals surface area contributed by atoms with Crippen LogP contribution < -0.4 is 4.74 Å². The average Bonchev–Trinajstić information content (AvgIpc) is 3.09. The standard InChI is InChI=1S/C16H16N6O/c1-9-14-10(2)21(12-6-5-7-13(8-12)23-4)20-15(14)16-18-17-11(3)22(16)19-9/h5-8H,1-4H3. The van der Waals surface area contributed by atoms with E-state index in [1.807, 2.05) is 49.7 Å². The smallest absolute Gasteiger partial charge is 0.206 e. The molecule has 4 aromatic rings. The molecule has 0 amide bonds. The summed E-state index contributed by atoms with van der Waals surface area (Å²) in [7, 11) is 1.65. The molecule has 0 radical (unpaired) electrons. The van der Waals surface area contributed by atoms with Gasteiger partial charge in [-0.2, -0.15) is 14.7 Å². The van der Waals surface area contributed by atoms with E-state index in [0.717, 1.165) is 39.6 Å². The molecule has 4 rings (SSSR count). The minimum atomic E-state index is 0.674. The zero-order valence-electron chi connectivity index (χ0n) is 13.4. The normalized spacial score (nSPS) is 11.5. The summed E-state index contributed by atoms with van der Waals surface area (Å²) < 4.78 is 8.94. The van der Waals surface area contributed by atoms with Crippen molar-refractivity contribution in [2.45, 2.75) is 20.8 Å². The van der Waals surface area contributed by atoms with Crippen LogP contribution in [0.25, 0.3) is 22.2 Å². The lowest BCUT2D eigenvalue weighted by Crippen LogP contribution is -1.99. The van der Waals surface area contributed by atoms with Gasteiger partial charge in [0.2, 0.25) is 5.65 Å². The molecule has 0 N–H and O–H groups in total. The van der Waals surface area contributed by atoms with Crippen LogP contribution in [-0.2, 0) is 0 Å². The SMILES string of the molecule is COc1cccc(-n2nc3c(c(C)nn4c(C)nnc34)c2C)c1. The van der Waals surface area contributed by atoms with Crippen LogP contribution >= 0.6 is 0 Å². The first-order chi connectivity index (χ1) is 11.1. The lowest BCUT2D eigenvalue weighted by atomic mass is 10.2. The van der Waals surface area contributed by atoms with Crippen LogP contribution in [0.4, 0.5) is 0 Å². The second-order valence-corrected chi connectivity index (χ2v) is 5.49. The highest BCUT2D eigenvalue weighted by atomic mass is 16.5. The van der Waals surface area contributed by atoms with Gasteiger partial charge in [0.25, 0.3) is 0 Å². The number of hydrogen-bond donors (Lipinski definition) is 0. The minimum absolute atomic E-state index is 0.674. The summed E-state index contributed by atoms with van der Waals surface area (Å²) in [6.45, 7) is 5.89. The number of aromatic nitrogens is 6. The summed E-state index contributed by atoms with van der Waals surface area (Å²) >= 11 is 0. The molecule has 0 bridgehead atoms. The van der Waals surface area contributed by atoms with Crippen molar-refractivity contribution in [3.63, 3.8) is 0 Å². The Morgan fingerprint density at radius 2 is 1.87 bits per heavy atom. The third-order valence-electron chi connectivity index (χ3n) is 4.03. The molecular weight excluding hydrogens is 292 g/mol. The van der Waals surface area contributed by atoms with Gasteiger partial charge in [0.15, 0.2) is 5.82 Å². The van der Waals surface area contributed by atoms with Crippen molar-refractivity contribution < 1.29 is 4.74 Å². The van der Waals surface area contributed by atoms with Gasteiger partial charge in [0.05, 0.1) is 29.6 Å². The molecule has 0 saturated carbocycles. The largest absolute Gasteiger partial charge is 0.497 e. The first-order valence-electron chi connectivity index (χ1n) is 7.32. The van der Waals surface area contributed by atoms with Gasteiger partial charge in [-0.15, -0.1) is 10.2 Å². The van der Waals surface area contributed by atoms with Crippen molar-refractivity contribution in [1.82, 2.24) is 29.6 Å². The van der Waals surface area contributed by atoms with E-state index in [1.54, 1.807) is 11.6 Å². The van der Waals surface area contributed by atoms with E-state index >= 15 is 0 Å². The highest BCUT2D eigenvalue weighted by molar-refractivity contribution is 5.93. The van der Waals surface area contributed by atoms with E-state index in [1.165, 1.54) is 0 Å². The van der Waals surface area contributed by atoms with Crippen LogP contribution in [0.5, 0.6) is 5.75 Å². The zero-order valence-corrected chi connectivity index (χ0v) is 13.4. The number of ether oxygens (including phenoxy) is 1. The Hall–Kier alpha value is -2.96. The molecule has 0 saturated heterocycles. The molecule has 0 spiro atoms. The Morgan fingerprint density at radius 1 is 1.04 bits per heavy atom. The van der Waals surface area contributed by atoms with Gasteiger partial charge < -0.3 is 4.74 Å². The summed E-state index contributed by atoms with van der Waals surface area (Å²) in [5.74, 6) is 1.54. The molecule has 0 aliphatic heterocycles. The third-order valence-corrected chi connectivity index (χ3v) is 4.03. The molecule has 0 aliphatic rings. The predicted molar refractivity (Wildman–Crippen MR) is 86.2 cm³/mol. The Labute approximate surface area is 132 Å². The predicted octanol–water partition coefficient (Wildman–Crippen LogP) is 2.40. The number of rotatable bonds is 2. The monoisotopic (exact) mass is 308 g/mol. The van der Waals surface area contributed by atoms with Crippen molar-refractivity contribution in [3.05, 3.63) is 41.5 Å². The van der Waals surface area contributed by atoms with E-state index in [2.05, 4.69) is 15.3 Å². The topological polar surface area (TPSA) is 70.1 Å². The molecule has 0 aliphatic carbocycles. The van der Waals surface area contributed by atoms with E-state index in [0.29, 0.717) is 5.65 Å². The van der Waals surface area contributed by atoms with Crippen molar-refractivity contribution in [2.24, 2.45) is 0 Å². The number of aryl methyl sites for hydroxylation is 3. The van der Waals surface area contributed by atoms with Gasteiger partial charge in [0.1, 0.15) is 11.3 Å². The van der Waals surface area contributed by atoms with Gasteiger partial charge >= 0.3 is 0 Å². The van der Waals surface area contributed by atoms with Gasteiger partial charge in [-0.3, -0.25) is 0 Å². The minimum Gasteiger partial charge on any atom is -0.497 e. The van der Waals surface area contributed by atoms with Crippen LogP contribution in [0.15, 0.2) is 24.3 Å². The van der Waals surface area contributed by atoms with Crippen molar-refractivity contribution >= 4 is 16.6 Å². The number of benzene rings is 1. The quantitative estimate of drug-likeness (QED) is 0.568. The maximum Gasteiger partial charge on any atom is 0.206 e.